The highest BCUT2D eigenvalue weighted by molar-refractivity contribution is 5.85. The van der Waals surface area contributed by atoms with Crippen molar-refractivity contribution in [2.24, 2.45) is 0 Å². The molecule has 1 aromatic heterocycles. The minimum atomic E-state index is -1.02. The molecule has 0 unspecified atom stereocenters. The summed E-state index contributed by atoms with van der Waals surface area (Å²) in [5.74, 6) is -0.360. The van der Waals surface area contributed by atoms with Crippen LogP contribution in [0.5, 0.6) is 5.75 Å². The Morgan fingerprint density at radius 3 is 2.76 bits per heavy atom. The van der Waals surface area contributed by atoms with E-state index in [2.05, 4.69) is 11.9 Å². The second kappa shape index (κ2) is 6.89. The van der Waals surface area contributed by atoms with Crippen LogP contribution in [0.1, 0.15) is 49.2 Å². The van der Waals surface area contributed by atoms with E-state index in [0.717, 1.165) is 31.2 Å². The number of nitrogens with zero attached hydrogens (tertiary/aromatic N) is 1. The van der Waals surface area contributed by atoms with E-state index in [0.29, 0.717) is 12.4 Å². The average molecular weight is 237 g/mol. The van der Waals surface area contributed by atoms with E-state index in [9.17, 15) is 4.79 Å². The van der Waals surface area contributed by atoms with Gasteiger partial charge in [0.15, 0.2) is 5.69 Å². The number of hydrogen-bond acceptors (Lipinski definition) is 3. The van der Waals surface area contributed by atoms with Crippen LogP contribution in [0.4, 0.5) is 0 Å². The number of hydrogen-bond donors (Lipinski definition) is 1. The number of carboxylic acid groups (broad SMARTS) is 1. The van der Waals surface area contributed by atoms with Gasteiger partial charge in [-0.15, -0.1) is 0 Å². The van der Waals surface area contributed by atoms with Crippen LogP contribution >= 0.6 is 0 Å². The summed E-state index contributed by atoms with van der Waals surface area (Å²) in [5.41, 5.74) is 1.03. The monoisotopic (exact) mass is 237 g/mol. The van der Waals surface area contributed by atoms with Gasteiger partial charge in [0, 0.05) is 17.8 Å². The summed E-state index contributed by atoms with van der Waals surface area (Å²) in [6.07, 6.45) is 5.54. The van der Waals surface area contributed by atoms with Crippen molar-refractivity contribution in [3.05, 3.63) is 23.5 Å². The number of carbonyl (C=O) groups is 1. The zero-order chi connectivity index (χ0) is 12.7. The van der Waals surface area contributed by atoms with E-state index < -0.39 is 5.97 Å². The predicted molar refractivity (Wildman–Crippen MR) is 65.6 cm³/mol. The molecule has 0 saturated heterocycles. The van der Waals surface area contributed by atoms with Crippen LogP contribution < -0.4 is 4.74 Å². The molecule has 17 heavy (non-hydrogen) atoms. The van der Waals surface area contributed by atoms with E-state index in [-0.39, 0.29) is 5.69 Å². The van der Waals surface area contributed by atoms with Gasteiger partial charge < -0.3 is 9.84 Å². The third-order valence-corrected chi connectivity index (χ3v) is 2.42. The van der Waals surface area contributed by atoms with Gasteiger partial charge in [-0.05, 0) is 19.3 Å². The van der Waals surface area contributed by atoms with Gasteiger partial charge in [0.05, 0.1) is 6.61 Å². The topological polar surface area (TPSA) is 59.4 Å². The molecule has 0 fully saturated rings. The van der Waals surface area contributed by atoms with Crippen LogP contribution in [0.15, 0.2) is 12.3 Å². The lowest BCUT2D eigenvalue weighted by Gasteiger charge is -2.10. The number of unbranched alkanes of at least 4 members (excludes halogenated alkanes) is 1. The summed E-state index contributed by atoms with van der Waals surface area (Å²) in [6, 6.07) is 1.52. The average Bonchev–Trinajstić information content (AvgIpc) is 2.34. The molecule has 0 atom stereocenters. The fourth-order valence-corrected chi connectivity index (χ4v) is 1.48. The fraction of sp³-hybridized carbons (Fsp3) is 0.538. The zero-order valence-electron chi connectivity index (χ0n) is 10.4. The number of aryl methyl sites for hydroxylation is 1. The fourth-order valence-electron chi connectivity index (χ4n) is 1.48. The molecule has 0 aliphatic carbocycles. The summed E-state index contributed by atoms with van der Waals surface area (Å²) in [6.45, 7) is 4.73. The Bertz CT molecular complexity index is 377. The van der Waals surface area contributed by atoms with Crippen LogP contribution in [0.3, 0.4) is 0 Å². The second-order valence-electron chi connectivity index (χ2n) is 3.93. The minimum absolute atomic E-state index is 0.0383. The Kier molecular flexibility index (Phi) is 5.46. The molecule has 0 amide bonds. The Hall–Kier alpha value is -1.58. The van der Waals surface area contributed by atoms with E-state index >= 15 is 0 Å². The molecule has 1 N–H and O–H groups in total. The van der Waals surface area contributed by atoms with Crippen molar-refractivity contribution >= 4 is 5.97 Å². The number of aromatic carboxylic acids is 1. The Labute approximate surface area is 102 Å². The zero-order valence-corrected chi connectivity index (χ0v) is 10.4. The van der Waals surface area contributed by atoms with Gasteiger partial charge in [-0.1, -0.05) is 20.3 Å². The third kappa shape index (κ3) is 4.06. The predicted octanol–water partition coefficient (Wildman–Crippen LogP) is 2.91. The van der Waals surface area contributed by atoms with Crippen LogP contribution in [0, 0.1) is 0 Å². The molecule has 0 spiro atoms. The normalized spacial score (nSPS) is 10.2. The highest BCUT2D eigenvalue weighted by Crippen LogP contribution is 2.21. The van der Waals surface area contributed by atoms with Gasteiger partial charge in [-0.25, -0.2) is 9.78 Å². The molecular weight excluding hydrogens is 218 g/mol. The van der Waals surface area contributed by atoms with Gasteiger partial charge in [0.1, 0.15) is 5.75 Å². The van der Waals surface area contributed by atoms with Crippen molar-refractivity contribution in [3.8, 4) is 5.75 Å². The highest BCUT2D eigenvalue weighted by Gasteiger charge is 2.10. The third-order valence-electron chi connectivity index (χ3n) is 2.42. The molecule has 4 heteroatoms. The standard InChI is InChI=1S/C13H19NO3/c1-3-5-6-10-9-14-11(13(15)16)8-12(10)17-7-4-2/h8-9H,3-7H2,1-2H3,(H,15,16). The van der Waals surface area contributed by atoms with Crippen molar-refractivity contribution in [1.29, 1.82) is 0 Å². The van der Waals surface area contributed by atoms with Gasteiger partial charge in [-0.2, -0.15) is 0 Å². The van der Waals surface area contributed by atoms with Crippen molar-refractivity contribution in [2.45, 2.75) is 39.5 Å². The number of carboxylic acids is 1. The lowest BCUT2D eigenvalue weighted by Crippen LogP contribution is -2.05. The maximum atomic E-state index is 10.8. The molecule has 0 aliphatic heterocycles. The molecule has 0 aliphatic rings. The molecule has 1 aromatic rings. The Morgan fingerprint density at radius 2 is 2.18 bits per heavy atom. The van der Waals surface area contributed by atoms with Crippen LogP contribution in [-0.2, 0) is 6.42 Å². The van der Waals surface area contributed by atoms with Crippen molar-refractivity contribution in [3.63, 3.8) is 0 Å². The molecular formula is C13H19NO3. The smallest absolute Gasteiger partial charge is 0.354 e. The maximum Gasteiger partial charge on any atom is 0.354 e. The summed E-state index contributed by atoms with van der Waals surface area (Å²) >= 11 is 0. The van der Waals surface area contributed by atoms with Crippen molar-refractivity contribution in [2.75, 3.05) is 6.61 Å². The lowest BCUT2D eigenvalue weighted by molar-refractivity contribution is 0.0690. The minimum Gasteiger partial charge on any atom is -0.493 e. The van der Waals surface area contributed by atoms with Gasteiger partial charge in [-0.3, -0.25) is 0 Å². The number of ether oxygens (including phenoxy) is 1. The number of rotatable bonds is 7. The lowest BCUT2D eigenvalue weighted by atomic mass is 10.1. The molecule has 0 aromatic carbocycles. The molecule has 0 saturated carbocycles. The van der Waals surface area contributed by atoms with Gasteiger partial charge in [0.25, 0.3) is 0 Å². The van der Waals surface area contributed by atoms with E-state index in [1.807, 2.05) is 6.92 Å². The maximum absolute atomic E-state index is 10.8. The summed E-state index contributed by atoms with van der Waals surface area (Å²) in [5, 5.41) is 8.88. The first-order valence-electron chi connectivity index (χ1n) is 6.04. The largest absolute Gasteiger partial charge is 0.493 e. The quantitative estimate of drug-likeness (QED) is 0.792. The van der Waals surface area contributed by atoms with Crippen molar-refractivity contribution < 1.29 is 14.6 Å². The van der Waals surface area contributed by atoms with Crippen LogP contribution in [0.25, 0.3) is 0 Å². The van der Waals surface area contributed by atoms with Crippen LogP contribution in [0.2, 0.25) is 0 Å². The van der Waals surface area contributed by atoms with E-state index in [1.54, 1.807) is 6.20 Å². The molecule has 1 heterocycles. The number of aromatic nitrogens is 1. The first kappa shape index (κ1) is 13.5. The summed E-state index contributed by atoms with van der Waals surface area (Å²) < 4.78 is 5.57. The molecule has 4 nitrogen and oxygen atoms in total. The second-order valence-corrected chi connectivity index (χ2v) is 3.93. The first-order valence-corrected chi connectivity index (χ1v) is 6.04. The van der Waals surface area contributed by atoms with Crippen molar-refractivity contribution in [1.82, 2.24) is 4.98 Å². The Morgan fingerprint density at radius 1 is 1.41 bits per heavy atom. The highest BCUT2D eigenvalue weighted by atomic mass is 16.5. The Balaban J connectivity index is 2.90. The molecule has 0 bridgehead atoms. The van der Waals surface area contributed by atoms with Gasteiger partial charge >= 0.3 is 5.97 Å². The first-order chi connectivity index (χ1) is 8.19. The van der Waals surface area contributed by atoms with E-state index in [4.69, 9.17) is 9.84 Å². The molecule has 94 valence electrons. The van der Waals surface area contributed by atoms with Gasteiger partial charge in [0.2, 0.25) is 0 Å². The SMILES string of the molecule is CCCCc1cnc(C(=O)O)cc1OCCC. The van der Waals surface area contributed by atoms with Crippen LogP contribution in [-0.4, -0.2) is 22.7 Å². The summed E-state index contributed by atoms with van der Waals surface area (Å²) in [4.78, 5) is 14.8. The molecule has 0 radical (unpaired) electrons. The number of pyridine rings is 1. The summed E-state index contributed by atoms with van der Waals surface area (Å²) in [7, 11) is 0. The van der Waals surface area contributed by atoms with E-state index in [1.165, 1.54) is 6.07 Å². The molecule has 1 rings (SSSR count).